The van der Waals surface area contributed by atoms with Crippen LogP contribution in [0, 0.1) is 10.8 Å². The van der Waals surface area contributed by atoms with Crippen molar-refractivity contribution >= 4 is 10.1 Å². The maximum absolute atomic E-state index is 11.8. The summed E-state index contributed by atoms with van der Waals surface area (Å²) in [4.78, 5) is 10.2. The van der Waals surface area contributed by atoms with E-state index in [1.54, 1.807) is 12.1 Å². The summed E-state index contributed by atoms with van der Waals surface area (Å²) in [6, 6.07) is 6.04. The number of nitrogens with zero attached hydrogens (tertiary/aromatic N) is 1. The van der Waals surface area contributed by atoms with Crippen LogP contribution in [0.4, 0.5) is 0 Å². The second-order valence-corrected chi connectivity index (χ2v) is 5.68. The van der Waals surface area contributed by atoms with Gasteiger partial charge in [-0.25, -0.2) is 0 Å². The lowest BCUT2D eigenvalue weighted by atomic mass is 10.2. The van der Waals surface area contributed by atoms with Gasteiger partial charge in [0.1, 0.15) is 6.54 Å². The lowest BCUT2D eigenvalue weighted by molar-refractivity contribution is 0.275. The summed E-state index contributed by atoms with van der Waals surface area (Å²) in [7, 11) is -3.74. The summed E-state index contributed by atoms with van der Waals surface area (Å²) >= 11 is 0. The number of hydrogen-bond acceptors (Lipinski definition) is 5. The fraction of sp³-hybridized carbons (Fsp3) is 0.455. The first kappa shape index (κ1) is 13.8. The molecule has 0 saturated carbocycles. The molecule has 0 spiro atoms. The maximum atomic E-state index is 11.8. The Morgan fingerprint density at radius 2 is 2.06 bits per heavy atom. The monoisotopic (exact) mass is 257 g/mol. The van der Waals surface area contributed by atoms with Crippen LogP contribution in [0.1, 0.15) is 19.4 Å². The summed E-state index contributed by atoms with van der Waals surface area (Å²) in [5.74, 6) is 0.129. The molecule has 0 radical (unpaired) electrons. The molecular weight excluding hydrogens is 242 g/mol. The van der Waals surface area contributed by atoms with Crippen molar-refractivity contribution in [3.63, 3.8) is 0 Å². The Hall–Kier alpha value is -1.27. The minimum atomic E-state index is -3.74. The fourth-order valence-corrected chi connectivity index (χ4v) is 2.30. The smallest absolute Gasteiger partial charge is 0.266 e. The van der Waals surface area contributed by atoms with Crippen LogP contribution in [-0.4, -0.2) is 15.0 Å². The Bertz CT molecular complexity index is 482. The molecule has 94 valence electrons. The highest BCUT2D eigenvalue weighted by Gasteiger charge is 2.16. The second-order valence-electron chi connectivity index (χ2n) is 4.07. The van der Waals surface area contributed by atoms with E-state index < -0.39 is 10.1 Å². The third-order valence-corrected chi connectivity index (χ3v) is 3.27. The van der Waals surface area contributed by atoms with Gasteiger partial charge in [-0.3, -0.25) is 4.18 Å². The van der Waals surface area contributed by atoms with Gasteiger partial charge in [-0.15, -0.1) is 0 Å². The first-order valence-electron chi connectivity index (χ1n) is 5.23. The van der Waals surface area contributed by atoms with Crippen LogP contribution in [-0.2, 0) is 20.8 Å². The molecular formula is C11H15NO4S. The first-order chi connectivity index (χ1) is 7.95. The second kappa shape index (κ2) is 5.88. The molecule has 6 heteroatoms. The molecule has 0 aliphatic carbocycles. The van der Waals surface area contributed by atoms with Gasteiger partial charge in [-0.1, -0.05) is 31.2 Å². The van der Waals surface area contributed by atoms with Gasteiger partial charge in [-0.05, 0) is 23.6 Å². The molecule has 0 fully saturated rings. The van der Waals surface area contributed by atoms with Gasteiger partial charge in [0.15, 0.2) is 0 Å². The third-order valence-electron chi connectivity index (χ3n) is 1.99. The van der Waals surface area contributed by atoms with Gasteiger partial charge in [0.25, 0.3) is 10.1 Å². The van der Waals surface area contributed by atoms with Crippen LogP contribution < -0.4 is 0 Å². The number of rotatable bonds is 6. The van der Waals surface area contributed by atoms with Crippen molar-refractivity contribution in [2.75, 3.05) is 6.61 Å². The van der Waals surface area contributed by atoms with Crippen molar-refractivity contribution in [2.45, 2.75) is 25.3 Å². The summed E-state index contributed by atoms with van der Waals surface area (Å²) in [6.45, 7) is 3.82. The van der Waals surface area contributed by atoms with Crippen LogP contribution in [0.3, 0.4) is 0 Å². The minimum Gasteiger partial charge on any atom is -0.266 e. The topological polar surface area (TPSA) is 72.8 Å². The molecule has 1 aromatic rings. The van der Waals surface area contributed by atoms with Gasteiger partial charge < -0.3 is 0 Å². The van der Waals surface area contributed by atoms with E-state index in [0.29, 0.717) is 5.56 Å². The minimum absolute atomic E-state index is 0.0481. The van der Waals surface area contributed by atoms with Crippen molar-refractivity contribution in [2.24, 2.45) is 11.1 Å². The van der Waals surface area contributed by atoms with Gasteiger partial charge in [0, 0.05) is 0 Å². The summed E-state index contributed by atoms with van der Waals surface area (Å²) < 4.78 is 28.4. The molecule has 0 unspecified atom stereocenters. The highest BCUT2D eigenvalue weighted by atomic mass is 32.2. The van der Waals surface area contributed by atoms with E-state index in [0.717, 1.165) is 0 Å². The third kappa shape index (κ3) is 4.24. The van der Waals surface area contributed by atoms with E-state index in [1.807, 2.05) is 13.8 Å². The molecule has 0 saturated heterocycles. The average molecular weight is 257 g/mol. The van der Waals surface area contributed by atoms with E-state index in [1.165, 1.54) is 12.1 Å². The van der Waals surface area contributed by atoms with Crippen LogP contribution in [0.15, 0.2) is 34.3 Å². The van der Waals surface area contributed by atoms with E-state index in [2.05, 4.69) is 5.18 Å². The highest BCUT2D eigenvalue weighted by molar-refractivity contribution is 7.86. The Morgan fingerprint density at radius 1 is 1.35 bits per heavy atom. The normalized spacial score (nSPS) is 11.7. The maximum Gasteiger partial charge on any atom is 0.296 e. The van der Waals surface area contributed by atoms with Crippen molar-refractivity contribution in [3.05, 3.63) is 34.7 Å². The zero-order chi connectivity index (χ0) is 12.9. The molecule has 0 N–H and O–H groups in total. The molecule has 0 atom stereocenters. The van der Waals surface area contributed by atoms with Crippen LogP contribution >= 0.6 is 0 Å². The predicted molar refractivity (Wildman–Crippen MR) is 63.9 cm³/mol. The molecule has 0 heterocycles. The molecule has 1 aromatic carbocycles. The van der Waals surface area contributed by atoms with Crippen molar-refractivity contribution in [3.8, 4) is 0 Å². The van der Waals surface area contributed by atoms with Crippen LogP contribution in [0.2, 0.25) is 0 Å². The Balaban J connectivity index is 2.90. The molecule has 1 rings (SSSR count). The molecule has 0 bridgehead atoms. The average Bonchev–Trinajstić information content (AvgIpc) is 2.27. The largest absolute Gasteiger partial charge is 0.296 e. The summed E-state index contributed by atoms with van der Waals surface area (Å²) in [5, 5.41) is 2.72. The Kier molecular flexibility index (Phi) is 4.77. The summed E-state index contributed by atoms with van der Waals surface area (Å²) in [6.07, 6.45) is 0. The number of nitroso groups, excluding NO2 is 1. The molecule has 5 nitrogen and oxygen atoms in total. The van der Waals surface area contributed by atoms with Crippen molar-refractivity contribution in [1.82, 2.24) is 0 Å². The van der Waals surface area contributed by atoms with E-state index >= 15 is 0 Å². The lowest BCUT2D eigenvalue weighted by Gasteiger charge is -2.08. The fourth-order valence-electron chi connectivity index (χ4n) is 1.17. The predicted octanol–water partition coefficient (Wildman–Crippen LogP) is 2.31. The van der Waals surface area contributed by atoms with Gasteiger partial charge in [0.2, 0.25) is 0 Å². The van der Waals surface area contributed by atoms with Gasteiger partial charge >= 0.3 is 0 Å². The summed E-state index contributed by atoms with van der Waals surface area (Å²) in [5.41, 5.74) is 0.550. The SMILES string of the molecule is CC(C)COS(=O)(=O)c1cccc(CN=O)c1. The van der Waals surface area contributed by atoms with Crippen molar-refractivity contribution < 1.29 is 12.6 Å². The number of hydrogen-bond donors (Lipinski definition) is 0. The first-order valence-corrected chi connectivity index (χ1v) is 6.64. The lowest BCUT2D eigenvalue weighted by Crippen LogP contribution is -2.11. The molecule has 0 aliphatic rings. The zero-order valence-corrected chi connectivity index (χ0v) is 10.6. The molecule has 0 aliphatic heterocycles. The van der Waals surface area contributed by atoms with Crippen LogP contribution in [0.5, 0.6) is 0 Å². The van der Waals surface area contributed by atoms with Gasteiger partial charge in [0.05, 0.1) is 11.5 Å². The van der Waals surface area contributed by atoms with Crippen LogP contribution in [0.25, 0.3) is 0 Å². The molecule has 17 heavy (non-hydrogen) atoms. The quantitative estimate of drug-likeness (QED) is 0.579. The van der Waals surface area contributed by atoms with Crippen molar-refractivity contribution in [1.29, 1.82) is 0 Å². The molecule has 0 amide bonds. The Morgan fingerprint density at radius 3 is 2.65 bits per heavy atom. The van der Waals surface area contributed by atoms with E-state index in [4.69, 9.17) is 4.18 Å². The standard InChI is InChI=1S/C11H15NO4S/c1-9(2)8-16-17(14,15)11-5-3-4-10(6-11)7-12-13/h3-6,9H,7-8H2,1-2H3. The van der Waals surface area contributed by atoms with E-state index in [-0.39, 0.29) is 24.0 Å². The Labute approximate surface area is 101 Å². The highest BCUT2D eigenvalue weighted by Crippen LogP contribution is 2.15. The zero-order valence-electron chi connectivity index (χ0n) is 9.79. The van der Waals surface area contributed by atoms with E-state index in [9.17, 15) is 13.3 Å². The van der Waals surface area contributed by atoms with Gasteiger partial charge in [-0.2, -0.15) is 13.3 Å². The molecule has 0 aromatic heterocycles. The number of benzene rings is 1.